The van der Waals surface area contributed by atoms with Gasteiger partial charge in [0.25, 0.3) is 12.3 Å². The predicted octanol–water partition coefficient (Wildman–Crippen LogP) is 3.24. The Morgan fingerprint density at radius 3 is 2.42 bits per heavy atom. The molecule has 2 aromatic rings. The molecule has 6 nitrogen and oxygen atoms in total. The van der Waals surface area contributed by atoms with Crippen molar-refractivity contribution in [3.05, 3.63) is 58.4 Å². The maximum atomic E-state index is 13.9. The summed E-state index contributed by atoms with van der Waals surface area (Å²) in [5, 5.41) is 4.09. The molecule has 0 saturated carbocycles. The number of benzene rings is 1. The van der Waals surface area contributed by atoms with E-state index in [0.29, 0.717) is 6.07 Å². The zero-order valence-corrected chi connectivity index (χ0v) is 13.5. The van der Waals surface area contributed by atoms with Gasteiger partial charge in [0.2, 0.25) is 0 Å². The lowest BCUT2D eigenvalue weighted by molar-refractivity contribution is 0.100. The van der Waals surface area contributed by atoms with Gasteiger partial charge in [0.1, 0.15) is 11.7 Å². The molecule has 0 fully saturated rings. The standard InChI is InChI=1S/C15H11ClF4N4O2/c16-6-1-2-10(22-5-6)14(25)23-7-3-8(11(18)9(17)4-7)12(13(19)20)24-15(21)26/h1-5,12-13H,(H,23,25)(H3,21,24,26). The molecule has 4 N–H and O–H groups in total. The van der Waals surface area contributed by atoms with Crippen LogP contribution in [0.15, 0.2) is 30.5 Å². The number of amides is 3. The number of urea groups is 1. The number of anilines is 1. The molecule has 1 aromatic heterocycles. The van der Waals surface area contributed by atoms with Crippen molar-refractivity contribution in [2.75, 3.05) is 5.32 Å². The number of alkyl halides is 2. The minimum Gasteiger partial charge on any atom is -0.352 e. The summed E-state index contributed by atoms with van der Waals surface area (Å²) in [5.74, 6) is -3.92. The minimum atomic E-state index is -3.28. The first-order valence-corrected chi connectivity index (χ1v) is 7.32. The molecule has 0 aliphatic rings. The molecule has 0 radical (unpaired) electrons. The first kappa shape index (κ1) is 19.4. The van der Waals surface area contributed by atoms with E-state index in [4.69, 9.17) is 17.3 Å². The number of aromatic nitrogens is 1. The maximum absolute atomic E-state index is 13.9. The van der Waals surface area contributed by atoms with Gasteiger partial charge in [-0.2, -0.15) is 0 Å². The Hall–Kier alpha value is -2.88. The fraction of sp³-hybridized carbons (Fsp3) is 0.133. The van der Waals surface area contributed by atoms with E-state index in [1.807, 2.05) is 0 Å². The number of halogens is 5. The number of hydrogen-bond acceptors (Lipinski definition) is 3. The maximum Gasteiger partial charge on any atom is 0.312 e. The SMILES string of the molecule is NC(=O)NC(c1cc(NC(=O)c2ccc(Cl)cn2)cc(F)c1F)C(F)F. The largest absolute Gasteiger partial charge is 0.352 e. The second-order valence-electron chi connectivity index (χ2n) is 5.00. The van der Waals surface area contributed by atoms with Gasteiger partial charge in [-0.3, -0.25) is 4.79 Å². The van der Waals surface area contributed by atoms with Crippen molar-refractivity contribution in [3.63, 3.8) is 0 Å². The monoisotopic (exact) mass is 390 g/mol. The molecule has 1 aromatic carbocycles. The lowest BCUT2D eigenvalue weighted by Gasteiger charge is -2.19. The highest BCUT2D eigenvalue weighted by Crippen LogP contribution is 2.28. The van der Waals surface area contributed by atoms with Crippen LogP contribution in [0, 0.1) is 11.6 Å². The van der Waals surface area contributed by atoms with Crippen LogP contribution in [0.2, 0.25) is 5.02 Å². The van der Waals surface area contributed by atoms with Gasteiger partial charge in [-0.05, 0) is 18.2 Å². The second kappa shape index (κ2) is 8.00. The van der Waals surface area contributed by atoms with Crippen molar-refractivity contribution >= 4 is 29.2 Å². The number of rotatable bonds is 5. The molecule has 1 unspecified atom stereocenters. The van der Waals surface area contributed by atoms with E-state index in [9.17, 15) is 27.2 Å². The Morgan fingerprint density at radius 1 is 1.19 bits per heavy atom. The van der Waals surface area contributed by atoms with Gasteiger partial charge in [-0.25, -0.2) is 27.3 Å². The summed E-state index contributed by atoms with van der Waals surface area (Å²) in [7, 11) is 0. The Labute approximate surface area is 149 Å². The van der Waals surface area contributed by atoms with E-state index in [-0.39, 0.29) is 16.4 Å². The molecular weight excluding hydrogens is 380 g/mol. The summed E-state index contributed by atoms with van der Waals surface area (Å²) in [6.07, 6.45) is -2.09. The Morgan fingerprint density at radius 2 is 1.88 bits per heavy atom. The second-order valence-corrected chi connectivity index (χ2v) is 5.43. The minimum absolute atomic E-state index is 0.0960. The van der Waals surface area contributed by atoms with E-state index >= 15 is 0 Å². The lowest BCUT2D eigenvalue weighted by atomic mass is 10.0. The average Bonchev–Trinajstić information content (AvgIpc) is 2.56. The third-order valence-corrected chi connectivity index (χ3v) is 3.38. The van der Waals surface area contributed by atoms with Gasteiger partial charge in [0.05, 0.1) is 5.02 Å². The van der Waals surface area contributed by atoms with Crippen LogP contribution in [0.3, 0.4) is 0 Å². The van der Waals surface area contributed by atoms with E-state index in [1.54, 1.807) is 5.32 Å². The molecule has 26 heavy (non-hydrogen) atoms. The van der Waals surface area contributed by atoms with Crippen molar-refractivity contribution in [2.45, 2.75) is 12.5 Å². The smallest absolute Gasteiger partial charge is 0.312 e. The highest BCUT2D eigenvalue weighted by molar-refractivity contribution is 6.30. The molecule has 138 valence electrons. The van der Waals surface area contributed by atoms with Gasteiger partial charge >= 0.3 is 6.03 Å². The van der Waals surface area contributed by atoms with Gasteiger partial charge in [-0.15, -0.1) is 0 Å². The summed E-state index contributed by atoms with van der Waals surface area (Å²) in [5.41, 5.74) is 3.48. The molecule has 11 heteroatoms. The normalized spacial score (nSPS) is 11.9. The summed E-state index contributed by atoms with van der Waals surface area (Å²) in [4.78, 5) is 26.6. The van der Waals surface area contributed by atoms with E-state index in [1.165, 1.54) is 18.3 Å². The van der Waals surface area contributed by atoms with Crippen molar-refractivity contribution in [1.82, 2.24) is 10.3 Å². The molecule has 2 rings (SSSR count). The Balaban J connectivity index is 2.35. The number of nitrogens with zero attached hydrogens (tertiary/aromatic N) is 1. The predicted molar refractivity (Wildman–Crippen MR) is 85.0 cm³/mol. The average molecular weight is 391 g/mol. The van der Waals surface area contributed by atoms with Crippen LogP contribution in [0.25, 0.3) is 0 Å². The first-order chi connectivity index (χ1) is 12.2. The number of primary amides is 1. The van der Waals surface area contributed by atoms with Crippen LogP contribution in [-0.4, -0.2) is 23.3 Å². The molecule has 1 atom stereocenters. The van der Waals surface area contributed by atoms with Crippen molar-refractivity contribution in [2.24, 2.45) is 5.73 Å². The molecular formula is C15H11ClF4N4O2. The quantitative estimate of drug-likeness (QED) is 0.684. The topological polar surface area (TPSA) is 97.1 Å². The summed E-state index contributed by atoms with van der Waals surface area (Å²) < 4.78 is 53.8. The number of pyridine rings is 1. The van der Waals surface area contributed by atoms with Crippen LogP contribution >= 0.6 is 11.6 Å². The Bertz CT molecular complexity index is 833. The summed E-state index contributed by atoms with van der Waals surface area (Å²) in [6, 6.07) is 0.458. The molecule has 0 bridgehead atoms. The fourth-order valence-corrected chi connectivity index (χ4v) is 2.16. The highest BCUT2D eigenvalue weighted by Gasteiger charge is 2.29. The lowest BCUT2D eigenvalue weighted by Crippen LogP contribution is -2.37. The van der Waals surface area contributed by atoms with Gasteiger partial charge < -0.3 is 16.4 Å². The number of nitrogens with two attached hydrogens (primary N) is 1. The third kappa shape index (κ3) is 4.60. The molecule has 0 aliphatic heterocycles. The molecule has 3 amide bonds. The molecule has 0 saturated heterocycles. The van der Waals surface area contributed by atoms with Crippen molar-refractivity contribution < 1.29 is 27.2 Å². The summed E-state index contributed by atoms with van der Waals surface area (Å²) in [6.45, 7) is 0. The van der Waals surface area contributed by atoms with Crippen LogP contribution < -0.4 is 16.4 Å². The van der Waals surface area contributed by atoms with Crippen LogP contribution in [0.5, 0.6) is 0 Å². The zero-order chi connectivity index (χ0) is 19.4. The van der Waals surface area contributed by atoms with Crippen LogP contribution in [-0.2, 0) is 0 Å². The van der Waals surface area contributed by atoms with E-state index in [2.05, 4.69) is 10.3 Å². The van der Waals surface area contributed by atoms with Crippen molar-refractivity contribution in [1.29, 1.82) is 0 Å². The number of carbonyl (C=O) groups is 2. The summed E-state index contributed by atoms with van der Waals surface area (Å²) >= 11 is 5.64. The van der Waals surface area contributed by atoms with Gasteiger partial charge in [-0.1, -0.05) is 11.6 Å². The van der Waals surface area contributed by atoms with Gasteiger partial charge in [0, 0.05) is 23.5 Å². The number of hydrogen-bond donors (Lipinski definition) is 3. The fourth-order valence-electron chi connectivity index (χ4n) is 2.04. The number of carbonyl (C=O) groups excluding carboxylic acids is 2. The van der Waals surface area contributed by atoms with Gasteiger partial charge in [0.15, 0.2) is 11.6 Å². The first-order valence-electron chi connectivity index (χ1n) is 6.95. The molecule has 1 heterocycles. The van der Waals surface area contributed by atoms with Crippen LogP contribution in [0.1, 0.15) is 22.1 Å². The van der Waals surface area contributed by atoms with Crippen LogP contribution in [0.4, 0.5) is 28.0 Å². The Kier molecular flexibility index (Phi) is 5.98. The highest BCUT2D eigenvalue weighted by atomic mass is 35.5. The van der Waals surface area contributed by atoms with E-state index < -0.39 is 41.6 Å². The molecule has 0 aliphatic carbocycles. The zero-order valence-electron chi connectivity index (χ0n) is 12.8. The molecule has 0 spiro atoms. The van der Waals surface area contributed by atoms with Crippen molar-refractivity contribution in [3.8, 4) is 0 Å². The third-order valence-electron chi connectivity index (χ3n) is 3.16. The number of nitrogens with one attached hydrogen (secondary N) is 2. The van der Waals surface area contributed by atoms with E-state index in [0.717, 1.165) is 6.07 Å².